The first-order valence-electron chi connectivity index (χ1n) is 4.75. The van der Waals surface area contributed by atoms with Crippen molar-refractivity contribution < 1.29 is 17.9 Å². The summed E-state index contributed by atoms with van der Waals surface area (Å²) >= 11 is 5.79. The van der Waals surface area contributed by atoms with Crippen molar-refractivity contribution >= 4 is 27.6 Å². The molecule has 1 aromatic rings. The molecule has 0 fully saturated rings. The van der Waals surface area contributed by atoms with E-state index >= 15 is 0 Å². The maximum Gasteiger partial charge on any atom is 0.339 e. The maximum absolute atomic E-state index is 11.6. The molecule has 0 aromatic heterocycles. The van der Waals surface area contributed by atoms with Gasteiger partial charge in [-0.05, 0) is 32.0 Å². The molecule has 0 aliphatic rings. The average molecular weight is 278 g/mol. The lowest BCUT2D eigenvalue weighted by Crippen LogP contribution is -2.15. The van der Waals surface area contributed by atoms with Crippen LogP contribution in [0.1, 0.15) is 24.2 Å². The van der Waals surface area contributed by atoms with Crippen molar-refractivity contribution in [3.05, 3.63) is 28.8 Å². The number of primary sulfonamides is 1. The summed E-state index contributed by atoms with van der Waals surface area (Å²) in [6, 6.07) is 3.62. The van der Waals surface area contributed by atoms with Crippen molar-refractivity contribution in [2.45, 2.75) is 24.8 Å². The third kappa shape index (κ3) is 3.69. The number of rotatable bonds is 3. The second kappa shape index (κ2) is 5.03. The number of sulfonamides is 1. The van der Waals surface area contributed by atoms with Crippen molar-refractivity contribution in [3.8, 4) is 0 Å². The highest BCUT2D eigenvalue weighted by Crippen LogP contribution is 2.21. The van der Waals surface area contributed by atoms with E-state index in [0.29, 0.717) is 0 Å². The standard InChI is InChI=1S/C10H12ClNO4S/c1-6(2)16-10(13)8-5-7(17(12,14)15)3-4-9(8)11/h3-6H,1-2H3,(H2,12,14,15). The van der Waals surface area contributed by atoms with Crippen LogP contribution in [0.4, 0.5) is 0 Å². The predicted octanol–water partition coefficient (Wildman–Crippen LogP) is 1.55. The Kier molecular flexibility index (Phi) is 4.13. The van der Waals surface area contributed by atoms with Gasteiger partial charge in [-0.25, -0.2) is 18.4 Å². The van der Waals surface area contributed by atoms with Gasteiger partial charge in [0.05, 0.1) is 21.6 Å². The second-order valence-corrected chi connectivity index (χ2v) is 5.61. The van der Waals surface area contributed by atoms with Crippen LogP contribution >= 0.6 is 11.6 Å². The zero-order valence-corrected chi connectivity index (χ0v) is 10.9. The molecule has 1 rings (SSSR count). The molecular weight excluding hydrogens is 266 g/mol. The van der Waals surface area contributed by atoms with E-state index in [-0.39, 0.29) is 21.6 Å². The van der Waals surface area contributed by atoms with Gasteiger partial charge in [0.2, 0.25) is 10.0 Å². The number of nitrogens with two attached hydrogens (primary N) is 1. The first-order valence-corrected chi connectivity index (χ1v) is 6.67. The summed E-state index contributed by atoms with van der Waals surface area (Å²) in [6.07, 6.45) is -0.322. The van der Waals surface area contributed by atoms with Crippen LogP contribution in [0.2, 0.25) is 5.02 Å². The first kappa shape index (κ1) is 14.0. The average Bonchev–Trinajstić information content (AvgIpc) is 2.15. The number of carbonyl (C=O) groups excluding carboxylic acids is 1. The minimum absolute atomic E-state index is 0.0214. The van der Waals surface area contributed by atoms with Gasteiger partial charge in [-0.15, -0.1) is 0 Å². The Morgan fingerprint density at radius 1 is 1.41 bits per heavy atom. The van der Waals surface area contributed by atoms with Gasteiger partial charge in [-0.2, -0.15) is 0 Å². The molecule has 94 valence electrons. The zero-order valence-electron chi connectivity index (χ0n) is 9.31. The normalized spacial score (nSPS) is 11.6. The fourth-order valence-corrected chi connectivity index (χ4v) is 1.85. The monoisotopic (exact) mass is 277 g/mol. The summed E-state index contributed by atoms with van der Waals surface area (Å²) < 4.78 is 27.2. The van der Waals surface area contributed by atoms with E-state index in [1.165, 1.54) is 12.1 Å². The van der Waals surface area contributed by atoms with Crippen LogP contribution in [0.5, 0.6) is 0 Å². The van der Waals surface area contributed by atoms with Gasteiger partial charge in [-0.3, -0.25) is 0 Å². The number of hydrogen-bond donors (Lipinski definition) is 1. The molecule has 0 radical (unpaired) electrons. The summed E-state index contributed by atoms with van der Waals surface area (Å²) in [7, 11) is -3.87. The summed E-state index contributed by atoms with van der Waals surface area (Å²) in [5, 5.41) is 5.07. The molecular formula is C10H12ClNO4S. The SMILES string of the molecule is CC(C)OC(=O)c1cc(S(N)(=O)=O)ccc1Cl. The predicted molar refractivity (Wildman–Crippen MR) is 63.4 cm³/mol. The highest BCUT2D eigenvalue weighted by atomic mass is 35.5. The molecule has 0 amide bonds. The molecule has 17 heavy (non-hydrogen) atoms. The quantitative estimate of drug-likeness (QED) is 0.849. The van der Waals surface area contributed by atoms with Crippen molar-refractivity contribution in [3.63, 3.8) is 0 Å². The van der Waals surface area contributed by atoms with Gasteiger partial charge >= 0.3 is 5.97 Å². The van der Waals surface area contributed by atoms with Crippen molar-refractivity contribution in [1.29, 1.82) is 0 Å². The minimum Gasteiger partial charge on any atom is -0.459 e. The largest absolute Gasteiger partial charge is 0.459 e. The van der Waals surface area contributed by atoms with E-state index in [1.807, 2.05) is 0 Å². The van der Waals surface area contributed by atoms with E-state index in [4.69, 9.17) is 21.5 Å². The Labute approximate surface area is 105 Å². The molecule has 7 heteroatoms. The molecule has 2 N–H and O–H groups in total. The molecule has 0 spiro atoms. The van der Waals surface area contributed by atoms with Crippen LogP contribution in [-0.2, 0) is 14.8 Å². The molecule has 0 atom stereocenters. The van der Waals surface area contributed by atoms with E-state index in [1.54, 1.807) is 13.8 Å². The number of esters is 1. The van der Waals surface area contributed by atoms with E-state index in [2.05, 4.69) is 0 Å². The van der Waals surface area contributed by atoms with E-state index in [9.17, 15) is 13.2 Å². The summed E-state index contributed by atoms with van der Waals surface area (Å²) in [5.74, 6) is -0.685. The molecule has 0 unspecified atom stereocenters. The molecule has 0 heterocycles. The Morgan fingerprint density at radius 3 is 2.47 bits per heavy atom. The Morgan fingerprint density at radius 2 is 2.00 bits per heavy atom. The van der Waals surface area contributed by atoms with Crippen molar-refractivity contribution in [1.82, 2.24) is 0 Å². The van der Waals surface area contributed by atoms with Gasteiger partial charge in [-0.1, -0.05) is 11.6 Å². The van der Waals surface area contributed by atoms with Crippen LogP contribution in [0.15, 0.2) is 23.1 Å². The van der Waals surface area contributed by atoms with Crippen molar-refractivity contribution in [2.75, 3.05) is 0 Å². The van der Waals surface area contributed by atoms with E-state index in [0.717, 1.165) is 6.07 Å². The lowest BCUT2D eigenvalue weighted by molar-refractivity contribution is 0.0378. The zero-order chi connectivity index (χ0) is 13.2. The maximum atomic E-state index is 11.6. The third-order valence-electron chi connectivity index (χ3n) is 1.83. The molecule has 0 aliphatic carbocycles. The first-order chi connectivity index (χ1) is 7.71. The van der Waals surface area contributed by atoms with Crippen molar-refractivity contribution in [2.24, 2.45) is 5.14 Å². The molecule has 0 aliphatic heterocycles. The topological polar surface area (TPSA) is 86.5 Å². The molecule has 1 aromatic carbocycles. The Bertz CT molecular complexity index is 539. The van der Waals surface area contributed by atoms with Gasteiger partial charge in [0.1, 0.15) is 0 Å². The van der Waals surface area contributed by atoms with Gasteiger partial charge in [0, 0.05) is 0 Å². The summed E-state index contributed by atoms with van der Waals surface area (Å²) in [5.41, 5.74) is -0.0214. The highest BCUT2D eigenvalue weighted by Gasteiger charge is 2.17. The smallest absolute Gasteiger partial charge is 0.339 e. The fourth-order valence-electron chi connectivity index (χ4n) is 1.12. The van der Waals surface area contributed by atoms with Crippen LogP contribution in [0.3, 0.4) is 0 Å². The summed E-state index contributed by atoms with van der Waals surface area (Å²) in [6.45, 7) is 3.35. The van der Waals surface area contributed by atoms with Gasteiger partial charge < -0.3 is 4.74 Å². The Balaban J connectivity index is 3.20. The lowest BCUT2D eigenvalue weighted by Gasteiger charge is -2.09. The number of benzene rings is 1. The fraction of sp³-hybridized carbons (Fsp3) is 0.300. The van der Waals surface area contributed by atoms with Crippen LogP contribution in [0.25, 0.3) is 0 Å². The second-order valence-electron chi connectivity index (χ2n) is 3.64. The minimum atomic E-state index is -3.87. The number of ether oxygens (including phenoxy) is 1. The number of halogens is 1. The highest BCUT2D eigenvalue weighted by molar-refractivity contribution is 7.89. The van der Waals surface area contributed by atoms with Crippen LogP contribution < -0.4 is 5.14 Å². The lowest BCUT2D eigenvalue weighted by atomic mass is 10.2. The number of carbonyl (C=O) groups is 1. The molecule has 0 saturated heterocycles. The van der Waals surface area contributed by atoms with Gasteiger partial charge in [0.25, 0.3) is 0 Å². The molecule has 0 saturated carbocycles. The molecule has 5 nitrogen and oxygen atoms in total. The third-order valence-corrected chi connectivity index (χ3v) is 3.07. The Hall–Kier alpha value is -1.11. The van der Waals surface area contributed by atoms with E-state index < -0.39 is 16.0 Å². The van der Waals surface area contributed by atoms with Crippen LogP contribution in [0, 0.1) is 0 Å². The number of hydrogen-bond acceptors (Lipinski definition) is 4. The van der Waals surface area contributed by atoms with Crippen LogP contribution in [-0.4, -0.2) is 20.5 Å². The van der Waals surface area contributed by atoms with Gasteiger partial charge in [0.15, 0.2) is 0 Å². The summed E-state index contributed by atoms with van der Waals surface area (Å²) in [4.78, 5) is 11.4. The molecule has 0 bridgehead atoms.